The van der Waals surface area contributed by atoms with Crippen molar-refractivity contribution in [1.82, 2.24) is 10.6 Å². The molecule has 0 bridgehead atoms. The zero-order valence-corrected chi connectivity index (χ0v) is 16.9. The van der Waals surface area contributed by atoms with Crippen molar-refractivity contribution in [2.75, 3.05) is 7.11 Å². The molecule has 2 amide bonds. The topological polar surface area (TPSA) is 93.7 Å². The lowest BCUT2D eigenvalue weighted by Crippen LogP contribution is -2.60. The summed E-state index contributed by atoms with van der Waals surface area (Å²) < 4.78 is 10.3. The number of rotatable bonds is 6. The monoisotopic (exact) mass is 370 g/mol. The molecule has 0 spiro atoms. The molecule has 0 radical (unpaired) electrons. The molecule has 0 aromatic heterocycles. The van der Waals surface area contributed by atoms with E-state index < -0.39 is 35.2 Å². The van der Waals surface area contributed by atoms with Gasteiger partial charge < -0.3 is 20.1 Å². The molecule has 26 heavy (non-hydrogen) atoms. The first-order chi connectivity index (χ1) is 12.0. The van der Waals surface area contributed by atoms with Gasteiger partial charge in [-0.1, -0.05) is 33.1 Å². The van der Waals surface area contributed by atoms with Crippen LogP contribution in [0.5, 0.6) is 0 Å². The molecule has 0 aromatic rings. The fourth-order valence-corrected chi connectivity index (χ4v) is 3.20. The number of urea groups is 1. The first-order valence-corrected chi connectivity index (χ1v) is 9.39. The van der Waals surface area contributed by atoms with Gasteiger partial charge in [0, 0.05) is 0 Å². The van der Waals surface area contributed by atoms with Gasteiger partial charge in [0.15, 0.2) is 0 Å². The number of methoxy groups -OCH3 is 1. The zero-order chi connectivity index (χ0) is 20.0. The van der Waals surface area contributed by atoms with Crippen LogP contribution in [0.1, 0.15) is 73.1 Å². The minimum Gasteiger partial charge on any atom is -0.467 e. The minimum atomic E-state index is -1.02. The summed E-state index contributed by atoms with van der Waals surface area (Å²) in [5.74, 6) is -0.723. The smallest absolute Gasteiger partial charge is 0.331 e. The van der Waals surface area contributed by atoms with Crippen molar-refractivity contribution in [3.8, 4) is 0 Å². The summed E-state index contributed by atoms with van der Waals surface area (Å²) in [6.45, 7) is 9.28. The molecule has 7 nitrogen and oxygen atoms in total. The average Bonchev–Trinajstić information content (AvgIpc) is 2.52. The maximum Gasteiger partial charge on any atom is 0.331 e. The van der Waals surface area contributed by atoms with E-state index >= 15 is 0 Å². The molecule has 1 rings (SSSR count). The van der Waals surface area contributed by atoms with Crippen molar-refractivity contribution in [2.45, 2.75) is 90.3 Å². The normalized spacial score (nSPS) is 18.0. The molecule has 1 aliphatic rings. The van der Waals surface area contributed by atoms with Crippen LogP contribution in [0.25, 0.3) is 0 Å². The van der Waals surface area contributed by atoms with Crippen molar-refractivity contribution in [3.63, 3.8) is 0 Å². The molecular weight excluding hydrogens is 336 g/mol. The number of carbonyl (C=O) groups is 3. The number of hydrogen-bond donors (Lipinski definition) is 2. The van der Waals surface area contributed by atoms with Crippen LogP contribution >= 0.6 is 0 Å². The van der Waals surface area contributed by atoms with Gasteiger partial charge in [0.05, 0.1) is 7.11 Å². The maximum absolute atomic E-state index is 12.6. The SMILES string of the molecule is COC(=O)C1(NC(=O)NC(CC(C)C)C(=O)OC(C)(C)C)CCCCC1. The third-order valence-corrected chi connectivity index (χ3v) is 4.34. The van der Waals surface area contributed by atoms with Gasteiger partial charge in [0.1, 0.15) is 17.2 Å². The van der Waals surface area contributed by atoms with E-state index in [9.17, 15) is 14.4 Å². The van der Waals surface area contributed by atoms with Crippen LogP contribution < -0.4 is 10.6 Å². The van der Waals surface area contributed by atoms with Crippen LogP contribution in [-0.4, -0.2) is 42.3 Å². The van der Waals surface area contributed by atoms with Gasteiger partial charge >= 0.3 is 18.0 Å². The molecule has 1 aliphatic carbocycles. The second-order valence-electron chi connectivity index (χ2n) is 8.45. The molecule has 2 N–H and O–H groups in total. The fourth-order valence-electron chi connectivity index (χ4n) is 3.20. The number of ether oxygens (including phenoxy) is 2. The summed E-state index contributed by atoms with van der Waals surface area (Å²) in [6.07, 6.45) is 4.24. The second kappa shape index (κ2) is 9.24. The lowest BCUT2D eigenvalue weighted by molar-refractivity contribution is -0.157. The minimum absolute atomic E-state index is 0.192. The Morgan fingerprint density at radius 1 is 1.08 bits per heavy atom. The predicted molar refractivity (Wildman–Crippen MR) is 98.6 cm³/mol. The predicted octanol–water partition coefficient (Wildman–Crippen LogP) is 2.92. The Labute approximate surface area is 156 Å². The van der Waals surface area contributed by atoms with Crippen LogP contribution in [0, 0.1) is 5.92 Å². The Morgan fingerprint density at radius 3 is 2.12 bits per heavy atom. The van der Waals surface area contributed by atoms with Crippen LogP contribution in [0.2, 0.25) is 0 Å². The summed E-state index contributed by atoms with van der Waals surface area (Å²) in [5, 5.41) is 5.46. The van der Waals surface area contributed by atoms with E-state index in [1.807, 2.05) is 13.8 Å². The van der Waals surface area contributed by atoms with Gasteiger partial charge in [-0.2, -0.15) is 0 Å². The highest BCUT2D eigenvalue weighted by Crippen LogP contribution is 2.29. The Bertz CT molecular complexity index is 505. The van der Waals surface area contributed by atoms with E-state index in [-0.39, 0.29) is 5.92 Å². The summed E-state index contributed by atoms with van der Waals surface area (Å²) >= 11 is 0. The zero-order valence-electron chi connectivity index (χ0n) is 16.9. The Balaban J connectivity index is 2.84. The van der Waals surface area contributed by atoms with Crippen molar-refractivity contribution >= 4 is 18.0 Å². The standard InChI is InChI=1S/C19H34N2O5/c1-13(2)12-14(15(22)26-18(3,4)5)20-17(24)21-19(16(23)25-6)10-8-7-9-11-19/h13-14H,7-12H2,1-6H3,(H2,20,21,24). The van der Waals surface area contributed by atoms with E-state index in [0.29, 0.717) is 19.3 Å². The quantitative estimate of drug-likeness (QED) is 0.701. The molecule has 0 saturated heterocycles. The first kappa shape index (κ1) is 22.3. The van der Waals surface area contributed by atoms with Crippen LogP contribution in [0.3, 0.4) is 0 Å². The highest BCUT2D eigenvalue weighted by atomic mass is 16.6. The van der Waals surface area contributed by atoms with Crippen LogP contribution in [-0.2, 0) is 19.1 Å². The van der Waals surface area contributed by atoms with Crippen molar-refractivity contribution in [1.29, 1.82) is 0 Å². The molecule has 7 heteroatoms. The van der Waals surface area contributed by atoms with E-state index in [1.54, 1.807) is 20.8 Å². The number of hydrogen-bond acceptors (Lipinski definition) is 5. The van der Waals surface area contributed by atoms with Gasteiger partial charge in [0.25, 0.3) is 0 Å². The Hall–Kier alpha value is -1.79. The van der Waals surface area contributed by atoms with E-state index in [0.717, 1.165) is 19.3 Å². The molecular formula is C19H34N2O5. The lowest BCUT2D eigenvalue weighted by Gasteiger charge is -2.35. The van der Waals surface area contributed by atoms with Gasteiger partial charge in [-0.3, -0.25) is 0 Å². The highest BCUT2D eigenvalue weighted by Gasteiger charge is 2.42. The molecule has 1 fully saturated rings. The first-order valence-electron chi connectivity index (χ1n) is 9.39. The summed E-state index contributed by atoms with van der Waals surface area (Å²) in [4.78, 5) is 37.2. The lowest BCUT2D eigenvalue weighted by atomic mass is 9.81. The largest absolute Gasteiger partial charge is 0.467 e. The maximum atomic E-state index is 12.6. The van der Waals surface area contributed by atoms with Crippen molar-refractivity contribution < 1.29 is 23.9 Å². The average molecular weight is 370 g/mol. The molecule has 1 atom stereocenters. The van der Waals surface area contributed by atoms with E-state index in [1.165, 1.54) is 7.11 Å². The number of nitrogens with one attached hydrogen (secondary N) is 2. The summed E-state index contributed by atoms with van der Waals surface area (Å²) in [7, 11) is 1.32. The third-order valence-electron chi connectivity index (χ3n) is 4.34. The number of amides is 2. The van der Waals surface area contributed by atoms with Gasteiger partial charge in [-0.15, -0.1) is 0 Å². The highest BCUT2D eigenvalue weighted by molar-refractivity contribution is 5.89. The molecule has 0 heterocycles. The van der Waals surface area contributed by atoms with Crippen LogP contribution in [0.15, 0.2) is 0 Å². The number of esters is 2. The molecule has 150 valence electrons. The van der Waals surface area contributed by atoms with Crippen molar-refractivity contribution in [3.05, 3.63) is 0 Å². The number of carbonyl (C=O) groups excluding carboxylic acids is 3. The van der Waals surface area contributed by atoms with E-state index in [4.69, 9.17) is 9.47 Å². The molecule has 0 aromatic carbocycles. The molecule has 0 aliphatic heterocycles. The third kappa shape index (κ3) is 6.84. The molecule has 1 unspecified atom stereocenters. The Kier molecular flexibility index (Phi) is 7.90. The van der Waals surface area contributed by atoms with Gasteiger partial charge in [-0.25, -0.2) is 14.4 Å². The van der Waals surface area contributed by atoms with E-state index in [2.05, 4.69) is 10.6 Å². The summed E-state index contributed by atoms with van der Waals surface area (Å²) in [6, 6.07) is -1.32. The van der Waals surface area contributed by atoms with Crippen LogP contribution in [0.4, 0.5) is 4.79 Å². The summed E-state index contributed by atoms with van der Waals surface area (Å²) in [5.41, 5.74) is -1.66. The van der Waals surface area contributed by atoms with Gasteiger partial charge in [-0.05, 0) is 46.0 Å². The van der Waals surface area contributed by atoms with Crippen molar-refractivity contribution in [2.24, 2.45) is 5.92 Å². The fraction of sp³-hybridized carbons (Fsp3) is 0.842. The second-order valence-corrected chi connectivity index (χ2v) is 8.45. The molecule has 1 saturated carbocycles. The van der Waals surface area contributed by atoms with Gasteiger partial charge in [0.2, 0.25) is 0 Å². The Morgan fingerprint density at radius 2 is 1.65 bits per heavy atom.